The Balaban J connectivity index is 3.26. The highest BCUT2D eigenvalue weighted by Gasteiger charge is 2.39. The highest BCUT2D eigenvalue weighted by molar-refractivity contribution is 7.66. The number of imidazole rings is 1. The van der Waals surface area contributed by atoms with E-state index in [0.29, 0.717) is 38.2 Å². The van der Waals surface area contributed by atoms with E-state index in [9.17, 15) is 14.5 Å². The summed E-state index contributed by atoms with van der Waals surface area (Å²) in [4.78, 5) is 16.0. The predicted molar refractivity (Wildman–Crippen MR) is 116 cm³/mol. The molecule has 0 radical (unpaired) electrons. The molecule has 8 nitrogen and oxygen atoms in total. The number of aromatic nitrogens is 2. The molecule has 1 N–H and O–H groups in total. The first-order valence-corrected chi connectivity index (χ1v) is 15.4. The SMILES string of the molecule is CCN(CC)P(=O)(c1cn(COCC[Si](C)(C)C)c(C(=O)O)n1)N(CC)CC. The molecule has 0 aliphatic carbocycles. The second-order valence-electron chi connectivity index (χ2n) is 7.87. The van der Waals surface area contributed by atoms with Gasteiger partial charge in [0, 0.05) is 47.1 Å². The van der Waals surface area contributed by atoms with Gasteiger partial charge in [0.15, 0.2) is 0 Å². The molecule has 0 spiro atoms. The predicted octanol–water partition coefficient (Wildman–Crippen LogP) is 3.40. The average Bonchev–Trinajstić information content (AvgIpc) is 3.05. The fraction of sp³-hybridized carbons (Fsp3) is 0.778. The molecule has 0 amide bonds. The maximum absolute atomic E-state index is 14.1. The van der Waals surface area contributed by atoms with E-state index in [4.69, 9.17) is 4.74 Å². The zero-order valence-electron chi connectivity index (χ0n) is 18.4. The van der Waals surface area contributed by atoms with Crippen LogP contribution in [0.4, 0.5) is 0 Å². The number of hydrogen-bond acceptors (Lipinski definition) is 4. The first kappa shape index (κ1) is 25.0. The number of rotatable bonds is 13. The molecule has 10 heteroatoms. The fourth-order valence-electron chi connectivity index (χ4n) is 3.04. The topological polar surface area (TPSA) is 87.9 Å². The molecule has 0 aliphatic rings. The number of ether oxygens (including phenoxy) is 1. The molecule has 0 aliphatic heterocycles. The van der Waals surface area contributed by atoms with Gasteiger partial charge >= 0.3 is 5.97 Å². The van der Waals surface area contributed by atoms with Crippen LogP contribution in [0.5, 0.6) is 0 Å². The maximum Gasteiger partial charge on any atom is 0.372 e. The molecule has 0 saturated carbocycles. The van der Waals surface area contributed by atoms with Gasteiger partial charge in [0.2, 0.25) is 5.82 Å². The monoisotopic (exact) mass is 432 g/mol. The summed E-state index contributed by atoms with van der Waals surface area (Å²) in [5, 5.41) is 9.59. The lowest BCUT2D eigenvalue weighted by Gasteiger charge is -2.36. The van der Waals surface area contributed by atoms with E-state index in [1.807, 2.05) is 37.0 Å². The Hall–Kier alpha value is -0.993. The Labute approximate surface area is 170 Å². The lowest BCUT2D eigenvalue weighted by Crippen LogP contribution is -2.37. The summed E-state index contributed by atoms with van der Waals surface area (Å²) in [6, 6.07) is 0.994. The lowest BCUT2D eigenvalue weighted by atomic mass is 10.6. The van der Waals surface area contributed by atoms with Crippen molar-refractivity contribution in [3.63, 3.8) is 0 Å². The van der Waals surface area contributed by atoms with Gasteiger partial charge in [-0.2, -0.15) is 0 Å². The summed E-state index contributed by atoms with van der Waals surface area (Å²) in [5.41, 5.74) is 0.311. The van der Waals surface area contributed by atoms with Crippen LogP contribution in [-0.4, -0.2) is 70.8 Å². The van der Waals surface area contributed by atoms with Gasteiger partial charge in [0.1, 0.15) is 12.2 Å². The zero-order valence-corrected chi connectivity index (χ0v) is 20.3. The van der Waals surface area contributed by atoms with Crippen LogP contribution in [0.3, 0.4) is 0 Å². The Bertz CT molecular complexity index is 666. The van der Waals surface area contributed by atoms with Gasteiger partial charge in [0.05, 0.1) is 0 Å². The summed E-state index contributed by atoms with van der Waals surface area (Å²) in [7, 11) is -4.41. The maximum atomic E-state index is 14.1. The first-order chi connectivity index (χ1) is 13.0. The number of aromatic carboxylic acids is 1. The highest BCUT2D eigenvalue weighted by Crippen LogP contribution is 2.51. The number of carbonyl (C=O) groups is 1. The Kier molecular flexibility index (Phi) is 9.56. The van der Waals surface area contributed by atoms with Crippen molar-refractivity contribution >= 4 is 26.9 Å². The molecule has 0 bridgehead atoms. The minimum Gasteiger partial charge on any atom is -0.475 e. The fourth-order valence-corrected chi connectivity index (χ4v) is 6.78. The first-order valence-electron chi connectivity index (χ1n) is 10.0. The van der Waals surface area contributed by atoms with E-state index in [0.717, 1.165) is 6.04 Å². The second kappa shape index (κ2) is 10.7. The summed E-state index contributed by atoms with van der Waals surface area (Å²) in [5.74, 6) is -1.28. The third-order valence-electron chi connectivity index (χ3n) is 4.71. The molecule has 1 aromatic rings. The van der Waals surface area contributed by atoms with Crippen molar-refractivity contribution in [1.82, 2.24) is 18.9 Å². The molecule has 28 heavy (non-hydrogen) atoms. The van der Waals surface area contributed by atoms with E-state index < -0.39 is 21.5 Å². The van der Waals surface area contributed by atoms with Gasteiger partial charge in [-0.05, 0) is 6.04 Å². The number of carboxylic acids is 1. The van der Waals surface area contributed by atoms with Crippen LogP contribution in [-0.2, 0) is 16.0 Å². The van der Waals surface area contributed by atoms with Crippen LogP contribution in [0.15, 0.2) is 6.20 Å². The van der Waals surface area contributed by atoms with Crippen molar-refractivity contribution in [3.8, 4) is 0 Å². The van der Waals surface area contributed by atoms with Gasteiger partial charge in [-0.15, -0.1) is 0 Å². The van der Waals surface area contributed by atoms with E-state index in [1.54, 1.807) is 6.20 Å². The van der Waals surface area contributed by atoms with Crippen molar-refractivity contribution < 1.29 is 19.2 Å². The minimum atomic E-state index is -3.18. The molecule has 0 saturated heterocycles. The van der Waals surface area contributed by atoms with E-state index in [1.165, 1.54) is 4.57 Å². The van der Waals surface area contributed by atoms with E-state index in [-0.39, 0.29) is 12.6 Å². The smallest absolute Gasteiger partial charge is 0.372 e. The van der Waals surface area contributed by atoms with Crippen LogP contribution >= 0.6 is 7.44 Å². The molecular formula is C18H37N4O4PSi. The standard InChI is InChI=1S/C18H37N4O4PSi/c1-8-21(9-2)27(25,22(10-3)11-4)16-14-20(17(19-16)18(23)24)15-26-12-13-28(5,6)7/h14H,8-13,15H2,1-7H3,(H,23,24). The summed E-state index contributed by atoms with van der Waals surface area (Å²) < 4.78 is 25.1. The third kappa shape index (κ3) is 6.00. The lowest BCUT2D eigenvalue weighted by molar-refractivity contribution is 0.0613. The number of nitrogens with zero attached hydrogens (tertiary/aromatic N) is 4. The zero-order chi connectivity index (χ0) is 21.5. The van der Waals surface area contributed by atoms with Crippen LogP contribution in [0.1, 0.15) is 38.3 Å². The number of hydrogen-bond donors (Lipinski definition) is 1. The van der Waals surface area contributed by atoms with Crippen LogP contribution in [0.25, 0.3) is 0 Å². The number of carboxylic acid groups (broad SMARTS) is 1. The largest absolute Gasteiger partial charge is 0.475 e. The summed E-state index contributed by atoms with van der Waals surface area (Å²) >= 11 is 0. The van der Waals surface area contributed by atoms with Crippen LogP contribution < -0.4 is 5.44 Å². The minimum absolute atomic E-state index is 0.0929. The molecule has 1 heterocycles. The highest BCUT2D eigenvalue weighted by atomic mass is 31.2. The van der Waals surface area contributed by atoms with Crippen LogP contribution in [0, 0.1) is 0 Å². The molecular weight excluding hydrogens is 395 g/mol. The Morgan fingerprint density at radius 2 is 1.64 bits per heavy atom. The van der Waals surface area contributed by atoms with Crippen molar-refractivity contribution in [1.29, 1.82) is 0 Å². The van der Waals surface area contributed by atoms with Gasteiger partial charge in [-0.25, -0.2) is 19.1 Å². The van der Waals surface area contributed by atoms with Gasteiger partial charge < -0.3 is 14.4 Å². The van der Waals surface area contributed by atoms with Crippen molar-refractivity contribution in [3.05, 3.63) is 12.0 Å². The van der Waals surface area contributed by atoms with Crippen molar-refractivity contribution in [2.24, 2.45) is 0 Å². The second-order valence-corrected chi connectivity index (χ2v) is 16.2. The molecule has 1 aromatic heterocycles. The summed E-state index contributed by atoms with van der Waals surface area (Å²) in [6.45, 7) is 17.6. The van der Waals surface area contributed by atoms with Crippen LogP contribution in [0.2, 0.25) is 25.7 Å². The quantitative estimate of drug-likeness (QED) is 0.290. The van der Waals surface area contributed by atoms with E-state index >= 15 is 0 Å². The summed E-state index contributed by atoms with van der Waals surface area (Å²) in [6.07, 6.45) is 1.59. The molecule has 162 valence electrons. The average molecular weight is 433 g/mol. The van der Waals surface area contributed by atoms with Crippen molar-refractivity contribution in [2.45, 2.75) is 60.1 Å². The molecule has 0 aromatic carbocycles. The Morgan fingerprint density at radius 3 is 2.04 bits per heavy atom. The molecule has 0 atom stereocenters. The molecule has 1 rings (SSSR count). The van der Waals surface area contributed by atoms with Gasteiger partial charge in [0.25, 0.3) is 7.44 Å². The molecule has 0 fully saturated rings. The third-order valence-corrected chi connectivity index (χ3v) is 9.89. The van der Waals surface area contributed by atoms with E-state index in [2.05, 4.69) is 24.6 Å². The molecule has 0 unspecified atom stereocenters. The van der Waals surface area contributed by atoms with Crippen molar-refractivity contribution in [2.75, 3.05) is 32.8 Å². The Morgan fingerprint density at radius 1 is 1.14 bits per heavy atom. The van der Waals surface area contributed by atoms with Gasteiger partial charge in [-0.1, -0.05) is 47.3 Å². The van der Waals surface area contributed by atoms with Gasteiger partial charge in [-0.3, -0.25) is 4.57 Å². The normalized spacial score (nSPS) is 12.9.